The van der Waals surface area contributed by atoms with E-state index in [9.17, 15) is 9.90 Å². The average molecular weight is 297 g/mol. The Kier molecular flexibility index (Phi) is 6.41. The minimum Gasteiger partial charge on any atom is -0.545 e. The molecule has 0 amide bonds. The molecule has 6 nitrogen and oxygen atoms in total. The molecule has 2 rings (SSSR count). The molecule has 2 aromatic carbocycles. The topological polar surface area (TPSA) is 106 Å². The van der Waals surface area contributed by atoms with Crippen LogP contribution in [0.3, 0.4) is 0 Å². The van der Waals surface area contributed by atoms with Gasteiger partial charge in [0.1, 0.15) is 0 Å². The molecule has 0 N–H and O–H groups in total. The smallest absolute Gasteiger partial charge is 0.545 e. The normalized spacial score (nSPS) is 8.67. The van der Waals surface area contributed by atoms with Gasteiger partial charge in [-0.2, -0.15) is 0 Å². The fourth-order valence-electron chi connectivity index (χ4n) is 1.40. The first-order valence-electron chi connectivity index (χ1n) is 4.53. The molecule has 0 saturated carbocycles. The third-order valence-electron chi connectivity index (χ3n) is 2.01. The van der Waals surface area contributed by atoms with Crippen molar-refractivity contribution in [3.63, 3.8) is 0 Å². The molecule has 0 unspecified atom stereocenters. The van der Waals surface area contributed by atoms with E-state index in [4.69, 9.17) is 15.3 Å². The van der Waals surface area contributed by atoms with Gasteiger partial charge in [0.2, 0.25) is 0 Å². The summed E-state index contributed by atoms with van der Waals surface area (Å²) in [6, 6.07) is 12.5. The van der Waals surface area contributed by atoms with Crippen molar-refractivity contribution in [3.8, 4) is 0 Å². The Labute approximate surface area is 112 Å². The van der Waals surface area contributed by atoms with E-state index in [-0.39, 0.29) is 22.6 Å². The van der Waals surface area contributed by atoms with Crippen LogP contribution >= 0.6 is 0 Å². The summed E-state index contributed by atoms with van der Waals surface area (Å²) in [5.74, 6) is -1.13. The molecule has 97 valence electrons. The van der Waals surface area contributed by atoms with Gasteiger partial charge in [-0.15, -0.1) is 0 Å². The Morgan fingerprint density at radius 3 is 2.06 bits per heavy atom. The number of carbonyl (C=O) groups is 1. The molecule has 0 saturated heterocycles. The van der Waals surface area contributed by atoms with E-state index in [1.807, 2.05) is 24.3 Å². The summed E-state index contributed by atoms with van der Waals surface area (Å²) in [5.41, 5.74) is 0.248. The summed E-state index contributed by atoms with van der Waals surface area (Å²) in [4.78, 5) is 19.0. The van der Waals surface area contributed by atoms with E-state index in [0.29, 0.717) is 0 Å². The van der Waals surface area contributed by atoms with E-state index in [1.165, 1.54) is 0 Å². The summed E-state index contributed by atoms with van der Waals surface area (Å²) in [7, 11) is 0. The maximum Gasteiger partial charge on any atom is 2.00 e. The van der Waals surface area contributed by atoms with Crippen molar-refractivity contribution in [2.24, 2.45) is 0 Å². The van der Waals surface area contributed by atoms with Crippen molar-refractivity contribution in [1.82, 2.24) is 0 Å². The van der Waals surface area contributed by atoms with Gasteiger partial charge in [-0.05, 0) is 10.8 Å². The molecule has 0 fully saturated rings. The first-order valence-corrected chi connectivity index (χ1v) is 4.53. The van der Waals surface area contributed by atoms with Crippen LogP contribution in [0.2, 0.25) is 0 Å². The zero-order valence-corrected chi connectivity index (χ0v) is 9.77. The van der Waals surface area contributed by atoms with E-state index < -0.39 is 11.1 Å². The van der Waals surface area contributed by atoms with Crippen molar-refractivity contribution in [2.75, 3.05) is 0 Å². The molecule has 0 heterocycles. The van der Waals surface area contributed by atoms with Crippen molar-refractivity contribution in [2.45, 2.75) is 0 Å². The largest absolute Gasteiger partial charge is 2.00 e. The Morgan fingerprint density at radius 1 is 1.00 bits per heavy atom. The zero-order chi connectivity index (χ0) is 12.8. The monoisotopic (exact) mass is 296 g/mol. The molecule has 1 radical (unpaired) electrons. The van der Waals surface area contributed by atoms with Crippen LogP contribution in [0, 0.1) is 15.3 Å². The van der Waals surface area contributed by atoms with Crippen LogP contribution in [-0.4, -0.2) is 11.1 Å². The number of carboxylic acid groups (broad SMARTS) is 1. The van der Waals surface area contributed by atoms with Gasteiger partial charge in [-0.25, -0.2) is 0 Å². The van der Waals surface area contributed by atoms with E-state index in [1.54, 1.807) is 18.2 Å². The molecule has 0 aromatic heterocycles. The van der Waals surface area contributed by atoms with Gasteiger partial charge in [0.25, 0.3) is 0 Å². The van der Waals surface area contributed by atoms with Crippen LogP contribution in [0.25, 0.3) is 10.8 Å². The molecule has 0 aliphatic carbocycles. The van der Waals surface area contributed by atoms with E-state index in [2.05, 4.69) is 0 Å². The molecule has 0 spiro atoms. The number of carbonyl (C=O) groups excluding carboxylic acids is 1. The predicted molar refractivity (Wildman–Crippen MR) is 58.6 cm³/mol. The molecular weight excluding hydrogens is 290 g/mol. The second kappa shape index (κ2) is 7.26. The summed E-state index contributed by atoms with van der Waals surface area (Å²) >= 11 is 0. The van der Waals surface area contributed by atoms with Crippen LogP contribution in [0.4, 0.5) is 0 Å². The fraction of sp³-hybridized carbons (Fsp3) is 0. The van der Waals surface area contributed by atoms with Gasteiger partial charge < -0.3 is 25.2 Å². The number of aromatic carboxylic acids is 1. The molecule has 18 heavy (non-hydrogen) atoms. The first-order chi connectivity index (χ1) is 8.02. The van der Waals surface area contributed by atoms with Gasteiger partial charge in [0.15, 0.2) is 0 Å². The Hall–Kier alpha value is -2.11. The standard InChI is InChI=1S/C11H8O2.Cu.NO3/c12-11(13)10-7-3-5-8-4-1-2-6-9(8)10;;2-1(3)4/h1-7H,(H,12,13);;/q;+2;-1/p-1. The first kappa shape index (κ1) is 15.9. The van der Waals surface area contributed by atoms with Gasteiger partial charge in [-0.3, -0.25) is 0 Å². The number of nitrogens with zero attached hydrogens (tertiary/aromatic N) is 1. The molecule has 7 heteroatoms. The molecule has 0 bridgehead atoms. The number of fused-ring (bicyclic) bond motifs is 1. The Balaban J connectivity index is 0.000000512. The van der Waals surface area contributed by atoms with Crippen molar-refractivity contribution in [1.29, 1.82) is 0 Å². The summed E-state index contributed by atoms with van der Waals surface area (Å²) in [6.45, 7) is 0. The molecule has 0 atom stereocenters. The van der Waals surface area contributed by atoms with E-state index >= 15 is 0 Å². The maximum atomic E-state index is 10.7. The molecule has 2 aromatic rings. The summed E-state index contributed by atoms with van der Waals surface area (Å²) in [6.07, 6.45) is 0. The second-order valence-electron chi connectivity index (χ2n) is 3.04. The number of rotatable bonds is 1. The van der Waals surface area contributed by atoms with Crippen LogP contribution in [0.5, 0.6) is 0 Å². The van der Waals surface area contributed by atoms with Crippen molar-refractivity contribution in [3.05, 3.63) is 63.3 Å². The molecule has 0 aliphatic rings. The number of benzene rings is 2. The van der Waals surface area contributed by atoms with Crippen LogP contribution < -0.4 is 5.11 Å². The Morgan fingerprint density at radius 2 is 1.50 bits per heavy atom. The second-order valence-corrected chi connectivity index (χ2v) is 3.04. The Bertz CT molecular complexity index is 549. The molecule has 0 aliphatic heterocycles. The fourth-order valence-corrected chi connectivity index (χ4v) is 1.40. The summed E-state index contributed by atoms with van der Waals surface area (Å²) in [5, 5.41) is 27.1. The minimum absolute atomic E-state index is 0. The van der Waals surface area contributed by atoms with Gasteiger partial charge in [0.05, 0.1) is 11.1 Å². The van der Waals surface area contributed by atoms with Crippen LogP contribution in [0.1, 0.15) is 10.4 Å². The molecular formula is C11H7CuNO5. The van der Waals surface area contributed by atoms with Crippen LogP contribution in [-0.2, 0) is 17.1 Å². The van der Waals surface area contributed by atoms with Crippen molar-refractivity contribution >= 4 is 16.7 Å². The maximum absolute atomic E-state index is 10.7. The average Bonchev–Trinajstić information content (AvgIpc) is 2.27. The summed E-state index contributed by atoms with van der Waals surface area (Å²) < 4.78 is 0. The minimum atomic E-state index is -1.75. The zero-order valence-electron chi connectivity index (χ0n) is 8.83. The third kappa shape index (κ3) is 4.40. The predicted octanol–water partition coefficient (Wildman–Crippen LogP) is 0.962. The van der Waals surface area contributed by atoms with Gasteiger partial charge in [0, 0.05) is 5.56 Å². The quantitative estimate of drug-likeness (QED) is 0.442. The van der Waals surface area contributed by atoms with Gasteiger partial charge in [-0.1, -0.05) is 42.5 Å². The van der Waals surface area contributed by atoms with Crippen molar-refractivity contribution < 1.29 is 32.1 Å². The van der Waals surface area contributed by atoms with Gasteiger partial charge >= 0.3 is 17.1 Å². The van der Waals surface area contributed by atoms with Crippen LogP contribution in [0.15, 0.2) is 42.5 Å². The van der Waals surface area contributed by atoms with E-state index in [0.717, 1.165) is 10.8 Å². The number of carboxylic acids is 1. The third-order valence-corrected chi connectivity index (χ3v) is 2.01. The number of hydrogen-bond acceptors (Lipinski definition) is 5. The SMILES string of the molecule is O=C([O-])c1cccc2ccccc12.O=[N+]([O-])[O-].[Cu+2]. The number of hydrogen-bond donors (Lipinski definition) is 0.